The van der Waals surface area contributed by atoms with Gasteiger partial charge in [0.2, 0.25) is 5.91 Å². The van der Waals surface area contributed by atoms with E-state index < -0.39 is 0 Å². The molecule has 0 aliphatic carbocycles. The molecule has 7 nitrogen and oxygen atoms in total. The van der Waals surface area contributed by atoms with E-state index in [1.54, 1.807) is 29.9 Å². The first kappa shape index (κ1) is 16.2. The lowest BCUT2D eigenvalue weighted by Crippen LogP contribution is -2.30. The van der Waals surface area contributed by atoms with E-state index in [4.69, 9.17) is 11.6 Å². The molecular weight excluding hydrogens is 330 g/mol. The Morgan fingerprint density at radius 1 is 1.38 bits per heavy atom. The molecule has 0 fully saturated rings. The molecule has 1 aromatic heterocycles. The van der Waals surface area contributed by atoms with Gasteiger partial charge in [-0.25, -0.2) is 10.1 Å². The summed E-state index contributed by atoms with van der Waals surface area (Å²) in [5.41, 5.74) is 4.15. The minimum atomic E-state index is -0.297. The smallest absolute Gasteiger partial charge is 0.271 e. The fourth-order valence-electron chi connectivity index (χ4n) is 2.47. The van der Waals surface area contributed by atoms with Crippen LogP contribution in [0.2, 0.25) is 5.02 Å². The highest BCUT2D eigenvalue weighted by Gasteiger charge is 2.26. The van der Waals surface area contributed by atoms with Crippen molar-refractivity contribution in [2.24, 2.45) is 11.0 Å². The van der Waals surface area contributed by atoms with Crippen LogP contribution in [0.3, 0.4) is 0 Å². The molecule has 0 saturated heterocycles. The Morgan fingerprint density at radius 2 is 2.17 bits per heavy atom. The van der Waals surface area contributed by atoms with Crippen LogP contribution in [0.15, 0.2) is 41.6 Å². The number of carbonyl (C=O) groups excluding carboxylic acids is 2. The number of para-hydroxylation sites is 1. The Bertz CT molecular complexity index is 814. The zero-order valence-corrected chi connectivity index (χ0v) is 13.7. The van der Waals surface area contributed by atoms with Crippen molar-refractivity contribution in [2.75, 3.05) is 6.54 Å². The van der Waals surface area contributed by atoms with Crippen LogP contribution in [0.1, 0.15) is 23.8 Å². The normalized spacial score (nSPS) is 16.7. The zero-order chi connectivity index (χ0) is 17.1. The van der Waals surface area contributed by atoms with Crippen molar-refractivity contribution in [3.05, 3.63) is 47.2 Å². The van der Waals surface area contributed by atoms with Crippen LogP contribution in [0.25, 0.3) is 5.69 Å². The summed E-state index contributed by atoms with van der Waals surface area (Å²) in [6.45, 7) is 2.15. The van der Waals surface area contributed by atoms with Gasteiger partial charge in [0.15, 0.2) is 5.69 Å². The molecule has 3 rings (SSSR count). The van der Waals surface area contributed by atoms with Gasteiger partial charge < -0.3 is 5.32 Å². The number of hydrazone groups is 1. The minimum Gasteiger partial charge on any atom is -0.351 e. The molecule has 124 valence electrons. The summed E-state index contributed by atoms with van der Waals surface area (Å²) >= 11 is 6.12. The average molecular weight is 346 g/mol. The Balaban J connectivity index is 1.59. The maximum atomic E-state index is 12.2. The number of hydrogen-bond donors (Lipinski definition) is 2. The third kappa shape index (κ3) is 3.30. The van der Waals surface area contributed by atoms with Crippen LogP contribution >= 0.6 is 11.6 Å². The van der Waals surface area contributed by atoms with Crippen LogP contribution in [0, 0.1) is 5.92 Å². The maximum absolute atomic E-state index is 12.2. The summed E-state index contributed by atoms with van der Waals surface area (Å²) in [6.07, 6.45) is 2.18. The fourth-order valence-corrected chi connectivity index (χ4v) is 2.69. The van der Waals surface area contributed by atoms with Gasteiger partial charge in [0.1, 0.15) is 0 Å². The summed E-state index contributed by atoms with van der Waals surface area (Å²) < 4.78 is 1.55. The first-order valence-electron chi connectivity index (χ1n) is 7.49. The molecule has 2 amide bonds. The molecule has 0 saturated carbocycles. The summed E-state index contributed by atoms with van der Waals surface area (Å²) in [5, 5.41) is 11.4. The van der Waals surface area contributed by atoms with Crippen molar-refractivity contribution in [3.8, 4) is 5.69 Å². The van der Waals surface area contributed by atoms with Gasteiger partial charge in [-0.15, -0.1) is 0 Å². The monoisotopic (exact) mass is 345 g/mol. The molecule has 8 heteroatoms. The minimum absolute atomic E-state index is 0.134. The van der Waals surface area contributed by atoms with Gasteiger partial charge in [-0.2, -0.15) is 10.2 Å². The van der Waals surface area contributed by atoms with Crippen LogP contribution in [0.5, 0.6) is 0 Å². The van der Waals surface area contributed by atoms with Crippen LogP contribution < -0.4 is 10.7 Å². The molecule has 0 bridgehead atoms. The second-order valence-electron chi connectivity index (χ2n) is 5.42. The zero-order valence-electron chi connectivity index (χ0n) is 13.0. The van der Waals surface area contributed by atoms with E-state index in [2.05, 4.69) is 20.9 Å². The van der Waals surface area contributed by atoms with Crippen molar-refractivity contribution in [3.63, 3.8) is 0 Å². The van der Waals surface area contributed by atoms with Crippen molar-refractivity contribution < 1.29 is 9.59 Å². The van der Waals surface area contributed by atoms with Gasteiger partial charge in [0, 0.05) is 18.5 Å². The molecule has 1 atom stereocenters. The lowest BCUT2D eigenvalue weighted by Gasteiger charge is -2.08. The fraction of sp³-hybridized carbons (Fsp3) is 0.250. The molecule has 2 heterocycles. The standard InChI is InChI=1S/C16H16ClN5O2/c1-10-11(15(23)20-19-10)6-8-18-16(24)13-7-9-22(21-13)14-5-3-2-4-12(14)17/h2-5,7,9,11H,6,8H2,1H3,(H,18,24)(H,20,23). The highest BCUT2D eigenvalue weighted by Crippen LogP contribution is 2.19. The largest absolute Gasteiger partial charge is 0.351 e. The van der Waals surface area contributed by atoms with Gasteiger partial charge in [0.05, 0.1) is 16.6 Å². The van der Waals surface area contributed by atoms with Crippen LogP contribution in [0.4, 0.5) is 0 Å². The number of amides is 2. The first-order chi connectivity index (χ1) is 11.6. The first-order valence-corrected chi connectivity index (χ1v) is 7.87. The molecule has 1 aliphatic heterocycles. The predicted molar refractivity (Wildman–Crippen MR) is 90.3 cm³/mol. The SMILES string of the molecule is CC1=NNC(=O)C1CCNC(=O)c1ccn(-c2ccccc2Cl)n1. The summed E-state index contributed by atoms with van der Waals surface area (Å²) in [7, 11) is 0. The third-order valence-electron chi connectivity index (χ3n) is 3.80. The molecule has 24 heavy (non-hydrogen) atoms. The van der Waals surface area contributed by atoms with Gasteiger partial charge in [-0.05, 0) is 31.5 Å². The quantitative estimate of drug-likeness (QED) is 0.865. The van der Waals surface area contributed by atoms with Crippen molar-refractivity contribution in [1.82, 2.24) is 20.5 Å². The highest BCUT2D eigenvalue weighted by atomic mass is 35.5. The number of halogens is 1. The molecule has 1 unspecified atom stereocenters. The lowest BCUT2D eigenvalue weighted by molar-refractivity contribution is -0.122. The second kappa shape index (κ2) is 6.84. The maximum Gasteiger partial charge on any atom is 0.271 e. The molecular formula is C16H16ClN5O2. The average Bonchev–Trinajstić information content (AvgIpc) is 3.17. The van der Waals surface area contributed by atoms with E-state index in [-0.39, 0.29) is 23.4 Å². The number of carbonyl (C=O) groups is 2. The van der Waals surface area contributed by atoms with E-state index in [0.717, 1.165) is 5.71 Å². The Kier molecular flexibility index (Phi) is 4.61. The molecule has 0 radical (unpaired) electrons. The molecule has 1 aromatic carbocycles. The number of nitrogens with one attached hydrogen (secondary N) is 2. The number of nitrogens with zero attached hydrogens (tertiary/aromatic N) is 3. The highest BCUT2D eigenvalue weighted by molar-refractivity contribution is 6.32. The van der Waals surface area contributed by atoms with E-state index in [9.17, 15) is 9.59 Å². The van der Waals surface area contributed by atoms with Crippen LogP contribution in [-0.2, 0) is 4.79 Å². The lowest BCUT2D eigenvalue weighted by atomic mass is 10.0. The number of aromatic nitrogens is 2. The number of hydrogen-bond acceptors (Lipinski definition) is 4. The topological polar surface area (TPSA) is 88.4 Å². The van der Waals surface area contributed by atoms with Crippen molar-refractivity contribution in [2.45, 2.75) is 13.3 Å². The second-order valence-corrected chi connectivity index (χ2v) is 5.83. The van der Waals surface area contributed by atoms with Crippen LogP contribution in [-0.4, -0.2) is 33.9 Å². The predicted octanol–water partition coefficient (Wildman–Crippen LogP) is 1.77. The third-order valence-corrected chi connectivity index (χ3v) is 4.12. The van der Waals surface area contributed by atoms with E-state index >= 15 is 0 Å². The Morgan fingerprint density at radius 3 is 2.88 bits per heavy atom. The van der Waals surface area contributed by atoms with Gasteiger partial charge in [-0.1, -0.05) is 23.7 Å². The Labute approximate surface area is 143 Å². The number of benzene rings is 1. The van der Waals surface area contributed by atoms with Gasteiger partial charge >= 0.3 is 0 Å². The van der Waals surface area contributed by atoms with E-state index in [0.29, 0.717) is 23.7 Å². The summed E-state index contributed by atoms with van der Waals surface area (Å²) in [5.74, 6) is -0.718. The molecule has 2 N–H and O–H groups in total. The summed E-state index contributed by atoms with van der Waals surface area (Å²) in [6, 6.07) is 8.87. The van der Waals surface area contributed by atoms with Gasteiger partial charge in [-0.3, -0.25) is 9.59 Å². The number of rotatable bonds is 5. The Hall–Kier alpha value is -2.67. The van der Waals surface area contributed by atoms with E-state index in [1.165, 1.54) is 0 Å². The molecule has 0 spiro atoms. The van der Waals surface area contributed by atoms with E-state index in [1.807, 2.05) is 18.2 Å². The summed E-state index contributed by atoms with van der Waals surface area (Å²) in [4.78, 5) is 23.7. The molecule has 2 aromatic rings. The van der Waals surface area contributed by atoms with Crippen molar-refractivity contribution >= 4 is 29.1 Å². The molecule has 1 aliphatic rings. The van der Waals surface area contributed by atoms with Crippen molar-refractivity contribution in [1.29, 1.82) is 0 Å². The van der Waals surface area contributed by atoms with Gasteiger partial charge in [0.25, 0.3) is 5.91 Å².